The van der Waals surface area contributed by atoms with Gasteiger partial charge in [0.05, 0.1) is 6.54 Å². The lowest BCUT2D eigenvalue weighted by Gasteiger charge is -2.19. The maximum Gasteiger partial charge on any atom is 0.315 e. The first-order valence-electron chi connectivity index (χ1n) is 8.93. The van der Waals surface area contributed by atoms with Gasteiger partial charge in [0.2, 0.25) is 5.91 Å². The van der Waals surface area contributed by atoms with Crippen molar-refractivity contribution < 1.29 is 19.1 Å². The number of benzene rings is 2. The van der Waals surface area contributed by atoms with Gasteiger partial charge in [0.15, 0.2) is 11.5 Å². The monoisotopic (exact) mass is 369 g/mol. The predicted octanol–water partition coefficient (Wildman–Crippen LogP) is 2.46. The topological polar surface area (TPSA) is 88.7 Å². The Bertz CT molecular complexity index is 823. The zero-order valence-corrected chi connectivity index (χ0v) is 15.2. The number of nitrogens with one attached hydrogen (secondary N) is 3. The Balaban J connectivity index is 1.43. The Morgan fingerprint density at radius 2 is 1.78 bits per heavy atom. The van der Waals surface area contributed by atoms with E-state index in [1.807, 2.05) is 49.4 Å². The van der Waals surface area contributed by atoms with E-state index in [1.54, 1.807) is 0 Å². The highest BCUT2D eigenvalue weighted by molar-refractivity contribution is 5.94. The van der Waals surface area contributed by atoms with E-state index in [0.717, 1.165) is 23.2 Å². The van der Waals surface area contributed by atoms with E-state index in [2.05, 4.69) is 16.0 Å². The van der Waals surface area contributed by atoms with Crippen molar-refractivity contribution in [2.24, 2.45) is 0 Å². The van der Waals surface area contributed by atoms with E-state index in [-0.39, 0.29) is 12.5 Å². The summed E-state index contributed by atoms with van der Waals surface area (Å²) < 4.78 is 11.0. The zero-order valence-electron chi connectivity index (χ0n) is 15.2. The third-order valence-electron chi connectivity index (χ3n) is 4.14. The molecule has 7 heteroatoms. The van der Waals surface area contributed by atoms with Crippen molar-refractivity contribution in [1.82, 2.24) is 10.6 Å². The van der Waals surface area contributed by atoms with Gasteiger partial charge >= 0.3 is 6.03 Å². The maximum absolute atomic E-state index is 12.0. The second-order valence-electron chi connectivity index (χ2n) is 6.07. The summed E-state index contributed by atoms with van der Waals surface area (Å²) in [5.74, 6) is 1.11. The molecule has 1 aliphatic heterocycles. The molecule has 0 aromatic heterocycles. The number of urea groups is 1. The fourth-order valence-electron chi connectivity index (χ4n) is 2.75. The Morgan fingerprint density at radius 1 is 1.00 bits per heavy atom. The summed E-state index contributed by atoms with van der Waals surface area (Å²) in [5.41, 5.74) is 2.70. The number of carbonyl (C=O) groups is 2. The van der Waals surface area contributed by atoms with Crippen molar-refractivity contribution in [2.75, 3.05) is 25.1 Å². The molecule has 0 aliphatic carbocycles. The molecular formula is C20H23N3O4. The molecule has 3 amide bonds. The van der Waals surface area contributed by atoms with Crippen LogP contribution in [0.5, 0.6) is 11.5 Å². The van der Waals surface area contributed by atoms with Crippen LogP contribution >= 0.6 is 0 Å². The van der Waals surface area contributed by atoms with Crippen molar-refractivity contribution in [3.63, 3.8) is 0 Å². The lowest BCUT2D eigenvalue weighted by Crippen LogP contribution is -2.39. The number of ether oxygens (including phenoxy) is 2. The number of hydrogen-bond acceptors (Lipinski definition) is 4. The van der Waals surface area contributed by atoms with Crippen molar-refractivity contribution >= 4 is 17.6 Å². The molecule has 1 aliphatic rings. The fourth-order valence-corrected chi connectivity index (χ4v) is 2.75. The SMILES string of the molecule is CCc1ccccc1NC(=O)CNC(=O)NCc1ccc2c(c1)OCCO2. The summed E-state index contributed by atoms with van der Waals surface area (Å²) in [6, 6.07) is 12.7. The zero-order chi connectivity index (χ0) is 19.1. The fraction of sp³-hybridized carbons (Fsp3) is 0.300. The highest BCUT2D eigenvalue weighted by Gasteiger charge is 2.12. The first-order valence-corrected chi connectivity index (χ1v) is 8.93. The van der Waals surface area contributed by atoms with Crippen LogP contribution in [0.3, 0.4) is 0 Å². The number of aryl methyl sites for hydroxylation is 1. The molecule has 7 nitrogen and oxygen atoms in total. The van der Waals surface area contributed by atoms with Crippen molar-refractivity contribution in [2.45, 2.75) is 19.9 Å². The van der Waals surface area contributed by atoms with Crippen molar-refractivity contribution in [3.8, 4) is 11.5 Å². The summed E-state index contributed by atoms with van der Waals surface area (Å²) in [5, 5.41) is 8.09. The summed E-state index contributed by atoms with van der Waals surface area (Å²) >= 11 is 0. The standard InChI is InChI=1S/C20H23N3O4/c1-2-15-5-3-4-6-16(15)23-19(24)13-22-20(25)21-12-14-7-8-17-18(11-14)27-10-9-26-17/h3-8,11H,2,9-10,12-13H2,1H3,(H,23,24)(H2,21,22,25). The van der Waals surface area contributed by atoms with E-state index >= 15 is 0 Å². The van der Waals surface area contributed by atoms with Gasteiger partial charge in [-0.3, -0.25) is 4.79 Å². The van der Waals surface area contributed by atoms with E-state index in [9.17, 15) is 9.59 Å². The predicted molar refractivity (Wildman–Crippen MR) is 102 cm³/mol. The van der Waals surface area contributed by atoms with Crippen LogP contribution in [0.15, 0.2) is 42.5 Å². The van der Waals surface area contributed by atoms with E-state index in [1.165, 1.54) is 0 Å². The molecule has 0 spiro atoms. The molecule has 3 rings (SSSR count). The Hall–Kier alpha value is -3.22. The molecule has 27 heavy (non-hydrogen) atoms. The van der Waals surface area contributed by atoms with Gasteiger partial charge in [-0.25, -0.2) is 4.79 Å². The molecule has 0 radical (unpaired) electrons. The highest BCUT2D eigenvalue weighted by atomic mass is 16.6. The second kappa shape index (κ2) is 8.93. The van der Waals surface area contributed by atoms with Gasteiger partial charge in [-0.15, -0.1) is 0 Å². The third-order valence-corrected chi connectivity index (χ3v) is 4.14. The summed E-state index contributed by atoms with van der Waals surface area (Å²) in [6.45, 7) is 3.29. The van der Waals surface area contributed by atoms with Crippen LogP contribution in [0, 0.1) is 0 Å². The van der Waals surface area contributed by atoms with Gasteiger partial charge in [-0.1, -0.05) is 31.2 Å². The smallest absolute Gasteiger partial charge is 0.315 e. The Labute approximate surface area is 158 Å². The van der Waals surface area contributed by atoms with Gasteiger partial charge in [0.25, 0.3) is 0 Å². The summed E-state index contributed by atoms with van der Waals surface area (Å²) in [7, 11) is 0. The molecule has 0 atom stereocenters. The molecular weight excluding hydrogens is 346 g/mol. The maximum atomic E-state index is 12.0. The van der Waals surface area contributed by atoms with Crippen LogP contribution in [0.2, 0.25) is 0 Å². The molecule has 2 aromatic carbocycles. The minimum absolute atomic E-state index is 0.106. The van der Waals surface area contributed by atoms with Crippen molar-refractivity contribution in [3.05, 3.63) is 53.6 Å². The lowest BCUT2D eigenvalue weighted by atomic mass is 10.1. The van der Waals surface area contributed by atoms with Gasteiger partial charge < -0.3 is 25.4 Å². The van der Waals surface area contributed by atoms with Crippen LogP contribution in [0.1, 0.15) is 18.1 Å². The lowest BCUT2D eigenvalue weighted by molar-refractivity contribution is -0.115. The molecule has 1 heterocycles. The number of fused-ring (bicyclic) bond motifs is 1. The van der Waals surface area contributed by atoms with Crippen LogP contribution in [-0.4, -0.2) is 31.7 Å². The molecule has 0 saturated heterocycles. The molecule has 0 bridgehead atoms. The van der Waals surface area contributed by atoms with Crippen molar-refractivity contribution in [1.29, 1.82) is 0 Å². The largest absolute Gasteiger partial charge is 0.486 e. The second-order valence-corrected chi connectivity index (χ2v) is 6.07. The first kappa shape index (κ1) is 18.6. The van der Waals surface area contributed by atoms with Crippen LogP contribution in [0.4, 0.5) is 10.5 Å². The number of rotatable bonds is 6. The number of amides is 3. The molecule has 0 fully saturated rings. The van der Waals surface area contributed by atoms with Crippen LogP contribution < -0.4 is 25.4 Å². The number of anilines is 1. The van der Waals surface area contributed by atoms with E-state index in [4.69, 9.17) is 9.47 Å². The highest BCUT2D eigenvalue weighted by Crippen LogP contribution is 2.30. The van der Waals surface area contributed by atoms with Crippen LogP contribution in [-0.2, 0) is 17.8 Å². The van der Waals surface area contributed by atoms with E-state index < -0.39 is 6.03 Å². The van der Waals surface area contributed by atoms with Crippen LogP contribution in [0.25, 0.3) is 0 Å². The average Bonchev–Trinajstić information content (AvgIpc) is 2.71. The van der Waals surface area contributed by atoms with Gasteiger partial charge in [0, 0.05) is 12.2 Å². The quantitative estimate of drug-likeness (QED) is 0.730. The third kappa shape index (κ3) is 5.13. The first-order chi connectivity index (χ1) is 13.2. The van der Waals surface area contributed by atoms with Gasteiger partial charge in [0.1, 0.15) is 13.2 Å². The Morgan fingerprint density at radius 3 is 2.59 bits per heavy atom. The molecule has 0 unspecified atom stereocenters. The molecule has 142 valence electrons. The minimum Gasteiger partial charge on any atom is -0.486 e. The molecule has 0 saturated carbocycles. The Kier molecular flexibility index (Phi) is 6.14. The van der Waals surface area contributed by atoms with Gasteiger partial charge in [-0.2, -0.15) is 0 Å². The van der Waals surface area contributed by atoms with Gasteiger partial charge in [-0.05, 0) is 35.7 Å². The number of para-hydroxylation sites is 1. The summed E-state index contributed by atoms with van der Waals surface area (Å²) in [4.78, 5) is 24.0. The van der Waals surface area contributed by atoms with E-state index in [0.29, 0.717) is 31.3 Å². The summed E-state index contributed by atoms with van der Waals surface area (Å²) in [6.07, 6.45) is 0.819. The minimum atomic E-state index is -0.413. The normalized spacial score (nSPS) is 12.2. The number of hydrogen-bond donors (Lipinski definition) is 3. The molecule has 2 aromatic rings. The molecule has 3 N–H and O–H groups in total. The average molecular weight is 369 g/mol. The number of carbonyl (C=O) groups excluding carboxylic acids is 2.